The minimum atomic E-state index is -0.148. The molecule has 0 fully saturated rings. The Morgan fingerprint density at radius 3 is 2.65 bits per heavy atom. The second-order valence-electron chi connectivity index (χ2n) is 5.26. The van der Waals surface area contributed by atoms with Gasteiger partial charge in [0.05, 0.1) is 0 Å². The van der Waals surface area contributed by atoms with E-state index in [-0.39, 0.29) is 11.9 Å². The molecule has 23 heavy (non-hydrogen) atoms. The first-order chi connectivity index (χ1) is 11.1. The van der Waals surface area contributed by atoms with E-state index < -0.39 is 0 Å². The number of aromatic nitrogens is 1. The van der Waals surface area contributed by atoms with E-state index in [2.05, 4.69) is 10.3 Å². The fourth-order valence-corrected chi connectivity index (χ4v) is 3.14. The van der Waals surface area contributed by atoms with Crippen molar-refractivity contribution in [3.8, 4) is 10.4 Å². The second kappa shape index (κ2) is 6.73. The van der Waals surface area contributed by atoms with Crippen molar-refractivity contribution < 1.29 is 4.79 Å². The van der Waals surface area contributed by atoms with Gasteiger partial charge in [-0.1, -0.05) is 12.1 Å². The van der Waals surface area contributed by atoms with Gasteiger partial charge in [-0.25, -0.2) is 0 Å². The highest BCUT2D eigenvalue weighted by Gasteiger charge is 2.14. The minimum Gasteiger partial charge on any atom is -0.324 e. The summed E-state index contributed by atoms with van der Waals surface area (Å²) in [5.41, 5.74) is 9.44. The van der Waals surface area contributed by atoms with E-state index in [4.69, 9.17) is 5.73 Å². The van der Waals surface area contributed by atoms with Crippen LogP contribution in [0, 0.1) is 0 Å². The van der Waals surface area contributed by atoms with Gasteiger partial charge in [-0.3, -0.25) is 9.78 Å². The third-order valence-corrected chi connectivity index (χ3v) is 4.43. The molecule has 1 atom stereocenters. The van der Waals surface area contributed by atoms with Crippen molar-refractivity contribution in [1.82, 2.24) is 4.98 Å². The molecule has 116 valence electrons. The van der Waals surface area contributed by atoms with Gasteiger partial charge in [-0.15, -0.1) is 11.3 Å². The Morgan fingerprint density at radius 1 is 1.22 bits per heavy atom. The number of nitrogens with zero attached hydrogens (tertiary/aromatic N) is 1. The van der Waals surface area contributed by atoms with Gasteiger partial charge in [-0.05, 0) is 53.8 Å². The van der Waals surface area contributed by atoms with E-state index in [9.17, 15) is 4.79 Å². The number of anilines is 1. The highest BCUT2D eigenvalue weighted by Crippen LogP contribution is 2.32. The molecule has 3 aromatic rings. The molecule has 0 aliphatic heterocycles. The monoisotopic (exact) mass is 323 g/mol. The average molecular weight is 323 g/mol. The van der Waals surface area contributed by atoms with E-state index in [0.717, 1.165) is 21.7 Å². The Balaban J connectivity index is 1.94. The SMILES string of the molecule is CC(N)c1ccc(C(=O)Nc2ccncc2)cc1-c1cccs1. The molecule has 0 aliphatic rings. The molecule has 0 saturated heterocycles. The van der Waals surface area contributed by atoms with Crippen LogP contribution in [0.15, 0.2) is 60.2 Å². The number of carbonyl (C=O) groups excluding carboxylic acids is 1. The molecule has 5 heteroatoms. The van der Waals surface area contributed by atoms with Crippen LogP contribution in [0.3, 0.4) is 0 Å². The van der Waals surface area contributed by atoms with Crippen LogP contribution in [0.5, 0.6) is 0 Å². The summed E-state index contributed by atoms with van der Waals surface area (Å²) >= 11 is 1.64. The van der Waals surface area contributed by atoms with Crippen LogP contribution in [-0.4, -0.2) is 10.9 Å². The van der Waals surface area contributed by atoms with Crippen molar-refractivity contribution in [3.63, 3.8) is 0 Å². The van der Waals surface area contributed by atoms with Gasteiger partial charge in [0.1, 0.15) is 0 Å². The number of pyridine rings is 1. The smallest absolute Gasteiger partial charge is 0.255 e. The lowest BCUT2D eigenvalue weighted by molar-refractivity contribution is 0.102. The van der Waals surface area contributed by atoms with Crippen molar-refractivity contribution in [3.05, 3.63) is 71.4 Å². The van der Waals surface area contributed by atoms with Crippen LogP contribution in [-0.2, 0) is 0 Å². The standard InChI is InChI=1S/C18H17N3OS/c1-12(19)15-5-4-13(11-16(15)17-3-2-10-23-17)18(22)21-14-6-8-20-9-7-14/h2-12H,19H2,1H3,(H,20,21,22). The molecule has 0 spiro atoms. The summed E-state index contributed by atoms with van der Waals surface area (Å²) in [6.07, 6.45) is 3.29. The van der Waals surface area contributed by atoms with Crippen LogP contribution in [0.25, 0.3) is 10.4 Å². The first-order valence-electron chi connectivity index (χ1n) is 7.30. The molecule has 2 heterocycles. The predicted octanol–water partition coefficient (Wildman–Crippen LogP) is 4.08. The molecular formula is C18H17N3OS. The third-order valence-electron chi connectivity index (χ3n) is 3.53. The molecule has 3 rings (SSSR count). The number of nitrogens with two attached hydrogens (primary N) is 1. The van der Waals surface area contributed by atoms with Crippen molar-refractivity contribution in [2.75, 3.05) is 5.32 Å². The number of rotatable bonds is 4. The molecule has 0 radical (unpaired) electrons. The summed E-state index contributed by atoms with van der Waals surface area (Å²) < 4.78 is 0. The van der Waals surface area contributed by atoms with E-state index >= 15 is 0 Å². The number of carbonyl (C=O) groups is 1. The van der Waals surface area contributed by atoms with Gasteiger partial charge in [0.15, 0.2) is 0 Å². The van der Waals surface area contributed by atoms with Gasteiger partial charge < -0.3 is 11.1 Å². The largest absolute Gasteiger partial charge is 0.324 e. The molecule has 0 saturated carbocycles. The summed E-state index contributed by atoms with van der Waals surface area (Å²) in [4.78, 5) is 17.5. The number of amides is 1. The summed E-state index contributed by atoms with van der Waals surface area (Å²) in [5.74, 6) is -0.148. The van der Waals surface area contributed by atoms with Crippen molar-refractivity contribution in [2.24, 2.45) is 5.73 Å². The van der Waals surface area contributed by atoms with Crippen LogP contribution in [0.1, 0.15) is 28.9 Å². The summed E-state index contributed by atoms with van der Waals surface area (Å²) in [7, 11) is 0. The number of benzene rings is 1. The topological polar surface area (TPSA) is 68.0 Å². The first kappa shape index (κ1) is 15.4. The Labute approximate surface area is 139 Å². The normalized spacial score (nSPS) is 11.9. The number of thiophene rings is 1. The third kappa shape index (κ3) is 3.47. The lowest BCUT2D eigenvalue weighted by Gasteiger charge is -2.14. The number of hydrogen-bond donors (Lipinski definition) is 2. The van der Waals surface area contributed by atoms with Crippen LogP contribution < -0.4 is 11.1 Å². The van der Waals surface area contributed by atoms with Crippen LogP contribution in [0.2, 0.25) is 0 Å². The first-order valence-corrected chi connectivity index (χ1v) is 8.18. The Hall–Kier alpha value is -2.50. The second-order valence-corrected chi connectivity index (χ2v) is 6.21. The fraction of sp³-hybridized carbons (Fsp3) is 0.111. The predicted molar refractivity (Wildman–Crippen MR) is 94.5 cm³/mol. The highest BCUT2D eigenvalue weighted by atomic mass is 32.1. The van der Waals surface area contributed by atoms with E-state index in [1.807, 2.05) is 42.6 Å². The molecule has 1 aromatic carbocycles. The Bertz CT molecular complexity index is 798. The Morgan fingerprint density at radius 2 is 2.00 bits per heavy atom. The van der Waals surface area contributed by atoms with Crippen LogP contribution >= 0.6 is 11.3 Å². The molecular weight excluding hydrogens is 306 g/mol. The molecule has 1 unspecified atom stereocenters. The lowest BCUT2D eigenvalue weighted by atomic mass is 9.98. The maximum Gasteiger partial charge on any atom is 0.255 e. The maximum atomic E-state index is 12.5. The molecule has 1 amide bonds. The zero-order valence-electron chi connectivity index (χ0n) is 12.7. The molecule has 0 aliphatic carbocycles. The van der Waals surface area contributed by atoms with Crippen molar-refractivity contribution in [2.45, 2.75) is 13.0 Å². The lowest BCUT2D eigenvalue weighted by Crippen LogP contribution is -2.13. The van der Waals surface area contributed by atoms with Crippen LogP contribution in [0.4, 0.5) is 5.69 Å². The highest BCUT2D eigenvalue weighted by molar-refractivity contribution is 7.13. The van der Waals surface area contributed by atoms with E-state index in [1.54, 1.807) is 35.9 Å². The average Bonchev–Trinajstić information content (AvgIpc) is 3.09. The summed E-state index contributed by atoms with van der Waals surface area (Å²) in [6, 6.07) is 13.1. The fourth-order valence-electron chi connectivity index (χ4n) is 2.38. The molecule has 4 nitrogen and oxygen atoms in total. The van der Waals surface area contributed by atoms with Gasteiger partial charge in [0.25, 0.3) is 5.91 Å². The van der Waals surface area contributed by atoms with Gasteiger partial charge >= 0.3 is 0 Å². The zero-order valence-corrected chi connectivity index (χ0v) is 13.5. The molecule has 2 aromatic heterocycles. The van der Waals surface area contributed by atoms with Gasteiger partial charge in [0.2, 0.25) is 0 Å². The number of hydrogen-bond acceptors (Lipinski definition) is 4. The number of nitrogens with one attached hydrogen (secondary N) is 1. The molecule has 0 bridgehead atoms. The minimum absolute atomic E-state index is 0.0931. The van der Waals surface area contributed by atoms with Crippen molar-refractivity contribution in [1.29, 1.82) is 0 Å². The van der Waals surface area contributed by atoms with E-state index in [1.165, 1.54) is 0 Å². The van der Waals surface area contributed by atoms with Crippen molar-refractivity contribution >= 4 is 22.9 Å². The summed E-state index contributed by atoms with van der Waals surface area (Å²) in [5, 5.41) is 4.89. The van der Waals surface area contributed by atoms with E-state index in [0.29, 0.717) is 5.56 Å². The zero-order chi connectivity index (χ0) is 16.2. The van der Waals surface area contributed by atoms with Gasteiger partial charge in [0, 0.05) is 34.6 Å². The maximum absolute atomic E-state index is 12.5. The molecule has 3 N–H and O–H groups in total. The summed E-state index contributed by atoms with van der Waals surface area (Å²) in [6.45, 7) is 1.95. The Kier molecular flexibility index (Phi) is 4.50. The quantitative estimate of drug-likeness (QED) is 0.760. The van der Waals surface area contributed by atoms with Gasteiger partial charge in [-0.2, -0.15) is 0 Å².